The number of hydrogen-bond donors (Lipinski definition) is 0. The largest absolute Gasteiger partial charge is 0.573 e. The molecule has 0 saturated heterocycles. The molecule has 3 aromatic carbocycles. The van der Waals surface area contributed by atoms with Crippen LogP contribution in [-0.4, -0.2) is 16.1 Å². The molecule has 0 bridgehead atoms. The van der Waals surface area contributed by atoms with E-state index in [1.165, 1.54) is 22.9 Å². The molecular formula is C24H17ClF4N2O. The molecule has 32 heavy (non-hydrogen) atoms. The highest BCUT2D eigenvalue weighted by atomic mass is 35.5. The van der Waals surface area contributed by atoms with Gasteiger partial charge < -0.3 is 4.74 Å². The lowest BCUT2D eigenvalue weighted by molar-refractivity contribution is -0.274. The number of rotatable bonds is 4. The highest BCUT2D eigenvalue weighted by Gasteiger charge is 2.31. The predicted octanol–water partition coefficient (Wildman–Crippen LogP) is 7.51. The summed E-state index contributed by atoms with van der Waals surface area (Å²) in [5.74, 6) is -0.889. The number of alkyl halides is 3. The Labute approximate surface area is 186 Å². The molecule has 4 rings (SSSR count). The molecule has 8 heteroatoms. The van der Waals surface area contributed by atoms with Crippen LogP contribution in [0.5, 0.6) is 5.75 Å². The summed E-state index contributed by atoms with van der Waals surface area (Å²) >= 11 is 6.02. The molecule has 0 aliphatic carbocycles. The second kappa shape index (κ2) is 8.31. The van der Waals surface area contributed by atoms with Crippen LogP contribution in [0.15, 0.2) is 66.7 Å². The first-order valence-corrected chi connectivity index (χ1v) is 9.98. The van der Waals surface area contributed by atoms with Crippen molar-refractivity contribution >= 4 is 11.6 Å². The van der Waals surface area contributed by atoms with Gasteiger partial charge in [-0.3, -0.25) is 0 Å². The predicted molar refractivity (Wildman–Crippen MR) is 116 cm³/mol. The number of benzene rings is 3. The number of halogens is 5. The van der Waals surface area contributed by atoms with Crippen molar-refractivity contribution in [3.05, 3.63) is 88.8 Å². The van der Waals surface area contributed by atoms with E-state index in [1.54, 1.807) is 56.3 Å². The van der Waals surface area contributed by atoms with Gasteiger partial charge in [0.25, 0.3) is 0 Å². The molecule has 0 fully saturated rings. The van der Waals surface area contributed by atoms with E-state index >= 15 is 0 Å². The van der Waals surface area contributed by atoms with Gasteiger partial charge in [0.1, 0.15) is 11.6 Å². The van der Waals surface area contributed by atoms with Crippen LogP contribution >= 0.6 is 11.6 Å². The van der Waals surface area contributed by atoms with Crippen LogP contribution in [0.2, 0.25) is 5.02 Å². The number of aryl methyl sites for hydroxylation is 2. The minimum atomic E-state index is -4.84. The first-order valence-electron chi connectivity index (χ1n) is 9.60. The molecule has 0 amide bonds. The van der Waals surface area contributed by atoms with Crippen LogP contribution in [-0.2, 0) is 0 Å². The van der Waals surface area contributed by atoms with E-state index in [9.17, 15) is 17.6 Å². The van der Waals surface area contributed by atoms with Crippen LogP contribution in [0.3, 0.4) is 0 Å². The Balaban J connectivity index is 1.91. The lowest BCUT2D eigenvalue weighted by Gasteiger charge is -2.15. The summed E-state index contributed by atoms with van der Waals surface area (Å²) < 4.78 is 58.8. The molecular weight excluding hydrogens is 444 g/mol. The van der Waals surface area contributed by atoms with E-state index in [4.69, 9.17) is 11.6 Å². The number of hydrogen-bond acceptors (Lipinski definition) is 2. The van der Waals surface area contributed by atoms with Crippen molar-refractivity contribution in [2.75, 3.05) is 0 Å². The molecule has 164 valence electrons. The van der Waals surface area contributed by atoms with Crippen molar-refractivity contribution in [2.45, 2.75) is 20.2 Å². The zero-order valence-electron chi connectivity index (χ0n) is 17.0. The highest BCUT2D eigenvalue weighted by Crippen LogP contribution is 2.35. The van der Waals surface area contributed by atoms with Gasteiger partial charge in [-0.15, -0.1) is 13.2 Å². The number of ether oxygens (including phenoxy) is 1. The fourth-order valence-electron chi connectivity index (χ4n) is 3.47. The molecule has 0 saturated carbocycles. The zero-order chi connectivity index (χ0) is 23.0. The summed E-state index contributed by atoms with van der Waals surface area (Å²) in [7, 11) is 0. The molecule has 0 unspecified atom stereocenters. The number of aromatic nitrogens is 2. The van der Waals surface area contributed by atoms with Gasteiger partial charge in [-0.25, -0.2) is 9.07 Å². The van der Waals surface area contributed by atoms with Crippen molar-refractivity contribution < 1.29 is 22.3 Å². The third kappa shape index (κ3) is 4.62. The summed E-state index contributed by atoms with van der Waals surface area (Å²) in [6.45, 7) is 3.33. The lowest BCUT2D eigenvalue weighted by Crippen LogP contribution is -2.17. The molecule has 0 N–H and O–H groups in total. The lowest BCUT2D eigenvalue weighted by atomic mass is 10.0. The Bertz CT molecular complexity index is 1260. The van der Waals surface area contributed by atoms with Crippen LogP contribution in [0.4, 0.5) is 17.6 Å². The molecule has 0 aliphatic heterocycles. The van der Waals surface area contributed by atoms with Gasteiger partial charge in [0.15, 0.2) is 0 Å². The van der Waals surface area contributed by atoms with Crippen molar-refractivity contribution in [1.82, 2.24) is 9.78 Å². The van der Waals surface area contributed by atoms with Gasteiger partial charge in [-0.1, -0.05) is 41.9 Å². The van der Waals surface area contributed by atoms with Gasteiger partial charge in [0.2, 0.25) is 0 Å². The highest BCUT2D eigenvalue weighted by molar-refractivity contribution is 6.31. The van der Waals surface area contributed by atoms with E-state index in [1.807, 2.05) is 6.07 Å². The molecule has 4 aromatic rings. The fourth-order valence-corrected chi connectivity index (χ4v) is 3.73. The van der Waals surface area contributed by atoms with Crippen molar-refractivity contribution in [1.29, 1.82) is 0 Å². The molecule has 0 radical (unpaired) electrons. The molecule has 0 spiro atoms. The van der Waals surface area contributed by atoms with Crippen molar-refractivity contribution in [2.24, 2.45) is 0 Å². The van der Waals surface area contributed by atoms with Gasteiger partial charge >= 0.3 is 6.36 Å². The van der Waals surface area contributed by atoms with Gasteiger partial charge in [-0.05, 0) is 66.9 Å². The topological polar surface area (TPSA) is 27.1 Å². The normalized spacial score (nSPS) is 11.6. The summed E-state index contributed by atoms with van der Waals surface area (Å²) in [5, 5.41) is 4.38. The smallest absolute Gasteiger partial charge is 0.406 e. The Morgan fingerprint density at radius 2 is 1.56 bits per heavy atom. The Kier molecular flexibility index (Phi) is 5.69. The maximum atomic E-state index is 14.0. The quantitative estimate of drug-likeness (QED) is 0.294. The zero-order valence-corrected chi connectivity index (χ0v) is 17.8. The monoisotopic (exact) mass is 460 g/mol. The van der Waals surface area contributed by atoms with Gasteiger partial charge in [-0.2, -0.15) is 5.10 Å². The third-order valence-corrected chi connectivity index (χ3v) is 5.09. The fraction of sp³-hybridized carbons (Fsp3) is 0.125. The van der Waals surface area contributed by atoms with Gasteiger partial charge in [0, 0.05) is 5.56 Å². The molecule has 0 aliphatic rings. The molecule has 0 atom stereocenters. The van der Waals surface area contributed by atoms with E-state index < -0.39 is 12.2 Å². The first kappa shape index (κ1) is 21.9. The minimum absolute atomic E-state index is 0.0711. The Hall–Kier alpha value is -3.32. The summed E-state index contributed by atoms with van der Waals surface area (Å²) in [4.78, 5) is 0. The maximum absolute atomic E-state index is 14.0. The molecule has 1 aromatic heterocycles. The summed E-state index contributed by atoms with van der Waals surface area (Å²) in [5.41, 5.74) is 3.66. The SMILES string of the molecule is Cc1cc(-c2cc(OC(F)(F)F)cc(-c3ccccc3)c2)n(-c2cc(C)c(F)c(Cl)c2)n1. The summed E-state index contributed by atoms with van der Waals surface area (Å²) in [6.07, 6.45) is -4.84. The van der Waals surface area contributed by atoms with E-state index in [0.29, 0.717) is 33.8 Å². The third-order valence-electron chi connectivity index (χ3n) is 4.81. The van der Waals surface area contributed by atoms with Crippen LogP contribution < -0.4 is 4.74 Å². The first-order chi connectivity index (χ1) is 15.1. The van der Waals surface area contributed by atoms with Crippen LogP contribution in [0.1, 0.15) is 11.3 Å². The molecule has 1 heterocycles. The average molecular weight is 461 g/mol. The maximum Gasteiger partial charge on any atom is 0.573 e. The van der Waals surface area contributed by atoms with Crippen molar-refractivity contribution in [3.63, 3.8) is 0 Å². The minimum Gasteiger partial charge on any atom is -0.406 e. The Morgan fingerprint density at radius 3 is 2.22 bits per heavy atom. The second-order valence-electron chi connectivity index (χ2n) is 7.30. The van der Waals surface area contributed by atoms with Gasteiger partial charge in [0.05, 0.1) is 22.1 Å². The Morgan fingerprint density at radius 1 is 0.875 bits per heavy atom. The second-order valence-corrected chi connectivity index (χ2v) is 7.71. The molecule has 3 nitrogen and oxygen atoms in total. The number of nitrogens with zero attached hydrogens (tertiary/aromatic N) is 2. The van der Waals surface area contributed by atoms with Crippen LogP contribution in [0.25, 0.3) is 28.1 Å². The average Bonchev–Trinajstić information content (AvgIpc) is 3.12. The van der Waals surface area contributed by atoms with Crippen molar-refractivity contribution in [3.8, 4) is 33.8 Å². The van der Waals surface area contributed by atoms with Crippen LogP contribution in [0, 0.1) is 19.7 Å². The summed E-state index contributed by atoms with van der Waals surface area (Å²) in [6, 6.07) is 18.1. The van der Waals surface area contributed by atoms with E-state index in [0.717, 1.165) is 5.56 Å². The standard InChI is InChI=1S/C24H17ClF4N2O/c1-14-8-19(13-21(25)23(14)26)31-22(9-15(2)30-31)18-10-17(16-6-4-3-5-7-16)11-20(12-18)32-24(27,28)29/h3-13H,1-2H3. The van der Waals surface area contributed by atoms with E-state index in [-0.39, 0.29) is 10.8 Å². The van der Waals surface area contributed by atoms with E-state index in [2.05, 4.69) is 9.84 Å².